The quantitative estimate of drug-likeness (QED) is 0.816. The highest BCUT2D eigenvalue weighted by Gasteiger charge is 2.29. The van der Waals surface area contributed by atoms with Crippen molar-refractivity contribution in [1.82, 2.24) is 14.5 Å². The van der Waals surface area contributed by atoms with Gasteiger partial charge in [-0.05, 0) is 25.8 Å². The van der Waals surface area contributed by atoms with Crippen LogP contribution in [-0.4, -0.2) is 47.8 Å². The van der Waals surface area contributed by atoms with Crippen molar-refractivity contribution in [3.05, 3.63) is 18.2 Å². The van der Waals surface area contributed by atoms with Crippen LogP contribution >= 0.6 is 0 Å². The van der Waals surface area contributed by atoms with Crippen molar-refractivity contribution in [2.75, 3.05) is 33.4 Å². The zero-order valence-electron chi connectivity index (χ0n) is 11.4. The maximum Gasteiger partial charge on any atom is 0.0948 e. The summed E-state index contributed by atoms with van der Waals surface area (Å²) in [4.78, 5) is 6.71. The van der Waals surface area contributed by atoms with Gasteiger partial charge in [0.15, 0.2) is 0 Å². The van der Waals surface area contributed by atoms with E-state index < -0.39 is 0 Å². The predicted octanol–water partition coefficient (Wildman–Crippen LogP) is 0.871. The van der Waals surface area contributed by atoms with Crippen molar-refractivity contribution < 1.29 is 4.74 Å². The molecule has 2 unspecified atom stereocenters. The summed E-state index contributed by atoms with van der Waals surface area (Å²) in [6.45, 7) is 6.75. The first-order chi connectivity index (χ1) is 8.80. The van der Waals surface area contributed by atoms with Crippen LogP contribution in [0.5, 0.6) is 0 Å². The second kappa shape index (κ2) is 6.31. The summed E-state index contributed by atoms with van der Waals surface area (Å²) < 4.78 is 7.43. The number of imidazole rings is 1. The van der Waals surface area contributed by atoms with E-state index in [1.54, 1.807) is 7.11 Å². The van der Waals surface area contributed by atoms with Crippen LogP contribution in [0, 0.1) is 5.92 Å². The number of aromatic nitrogens is 2. The molecule has 2 atom stereocenters. The van der Waals surface area contributed by atoms with Crippen molar-refractivity contribution in [3.63, 3.8) is 0 Å². The molecule has 1 saturated heterocycles. The molecule has 1 aliphatic heterocycles. The number of nitrogens with zero attached hydrogens (tertiary/aromatic N) is 3. The van der Waals surface area contributed by atoms with Crippen LogP contribution in [0.25, 0.3) is 0 Å². The molecule has 5 heteroatoms. The van der Waals surface area contributed by atoms with Gasteiger partial charge in [-0.15, -0.1) is 0 Å². The first kappa shape index (κ1) is 13.5. The molecule has 1 aromatic rings. The maximum absolute atomic E-state index is 5.97. The van der Waals surface area contributed by atoms with Crippen molar-refractivity contribution in [3.8, 4) is 0 Å². The van der Waals surface area contributed by atoms with Crippen molar-refractivity contribution in [1.29, 1.82) is 0 Å². The first-order valence-corrected chi connectivity index (χ1v) is 6.73. The van der Waals surface area contributed by atoms with Gasteiger partial charge in [0, 0.05) is 32.9 Å². The molecule has 0 saturated carbocycles. The van der Waals surface area contributed by atoms with Gasteiger partial charge < -0.3 is 15.0 Å². The van der Waals surface area contributed by atoms with E-state index in [9.17, 15) is 0 Å². The van der Waals surface area contributed by atoms with Gasteiger partial charge in [-0.3, -0.25) is 4.90 Å². The Morgan fingerprint density at radius 3 is 3.11 bits per heavy atom. The van der Waals surface area contributed by atoms with E-state index >= 15 is 0 Å². The fourth-order valence-corrected chi connectivity index (χ4v) is 2.85. The van der Waals surface area contributed by atoms with Crippen LogP contribution < -0.4 is 5.73 Å². The summed E-state index contributed by atoms with van der Waals surface area (Å²) in [5.74, 6) is 0.641. The number of ether oxygens (including phenoxy) is 1. The first-order valence-electron chi connectivity index (χ1n) is 6.73. The second-order valence-corrected chi connectivity index (χ2v) is 4.96. The molecule has 0 amide bonds. The Morgan fingerprint density at radius 2 is 2.44 bits per heavy atom. The molecule has 0 aliphatic carbocycles. The smallest absolute Gasteiger partial charge is 0.0948 e. The minimum Gasteiger partial charge on any atom is -0.384 e. The Balaban J connectivity index is 2.06. The Labute approximate surface area is 109 Å². The fraction of sp³-hybridized carbons (Fsp3) is 0.769. The van der Waals surface area contributed by atoms with E-state index in [4.69, 9.17) is 10.5 Å². The minimum atomic E-state index is 0.286. The van der Waals surface area contributed by atoms with Gasteiger partial charge in [-0.25, -0.2) is 4.98 Å². The highest BCUT2D eigenvalue weighted by Crippen LogP contribution is 2.27. The molecule has 1 aliphatic rings. The molecule has 2 N–H and O–H groups in total. The Hall–Kier alpha value is -0.910. The van der Waals surface area contributed by atoms with Gasteiger partial charge in [0.25, 0.3) is 0 Å². The van der Waals surface area contributed by atoms with Gasteiger partial charge in [0.2, 0.25) is 0 Å². The van der Waals surface area contributed by atoms with E-state index in [0.29, 0.717) is 12.5 Å². The van der Waals surface area contributed by atoms with E-state index in [2.05, 4.69) is 21.4 Å². The molecule has 18 heavy (non-hydrogen) atoms. The average molecular weight is 252 g/mol. The molecule has 5 nitrogen and oxygen atoms in total. The lowest BCUT2D eigenvalue weighted by atomic mass is 10.1. The third kappa shape index (κ3) is 2.74. The minimum absolute atomic E-state index is 0.286. The molecule has 102 valence electrons. The van der Waals surface area contributed by atoms with Crippen LogP contribution in [0.2, 0.25) is 0 Å². The molecule has 2 heterocycles. The van der Waals surface area contributed by atoms with Crippen LogP contribution in [0.15, 0.2) is 12.5 Å². The largest absolute Gasteiger partial charge is 0.384 e. The molecule has 0 aromatic carbocycles. The highest BCUT2D eigenvalue weighted by atomic mass is 16.5. The molecule has 2 rings (SSSR count). The van der Waals surface area contributed by atoms with Crippen LogP contribution in [0.3, 0.4) is 0 Å². The summed E-state index contributed by atoms with van der Waals surface area (Å²) >= 11 is 0. The third-order valence-electron chi connectivity index (χ3n) is 3.81. The number of methoxy groups -OCH3 is 1. The van der Waals surface area contributed by atoms with E-state index in [0.717, 1.165) is 26.2 Å². The fourth-order valence-electron chi connectivity index (χ4n) is 2.85. The van der Waals surface area contributed by atoms with Gasteiger partial charge in [-0.1, -0.05) is 0 Å². The van der Waals surface area contributed by atoms with Crippen molar-refractivity contribution in [2.24, 2.45) is 11.7 Å². The lowest BCUT2D eigenvalue weighted by Gasteiger charge is -2.27. The van der Waals surface area contributed by atoms with Gasteiger partial charge in [-0.2, -0.15) is 0 Å². The molecule has 1 fully saturated rings. The van der Waals surface area contributed by atoms with Crippen LogP contribution in [0.4, 0.5) is 0 Å². The molecule has 0 spiro atoms. The Kier molecular flexibility index (Phi) is 4.74. The zero-order valence-corrected chi connectivity index (χ0v) is 11.4. The van der Waals surface area contributed by atoms with Crippen molar-refractivity contribution in [2.45, 2.75) is 25.9 Å². The number of nitrogens with two attached hydrogens (primary N) is 1. The standard InChI is InChI=1S/C13H24N4O/c1-3-16-10-15-7-13(16)12(6-14)17-5-4-11(8-17)9-18-2/h7,10-12H,3-6,8-9,14H2,1-2H3. The van der Waals surface area contributed by atoms with Crippen LogP contribution in [0.1, 0.15) is 25.1 Å². The number of likely N-dealkylation sites (tertiary alicyclic amines) is 1. The van der Waals surface area contributed by atoms with E-state index in [1.807, 2.05) is 12.5 Å². The number of hydrogen-bond acceptors (Lipinski definition) is 4. The summed E-state index contributed by atoms with van der Waals surface area (Å²) in [5, 5.41) is 0. The normalized spacial score (nSPS) is 22.5. The second-order valence-electron chi connectivity index (χ2n) is 4.96. The Morgan fingerprint density at radius 1 is 1.61 bits per heavy atom. The van der Waals surface area contributed by atoms with Gasteiger partial charge >= 0.3 is 0 Å². The van der Waals surface area contributed by atoms with E-state index in [1.165, 1.54) is 12.1 Å². The van der Waals surface area contributed by atoms with Gasteiger partial charge in [0.05, 0.1) is 24.7 Å². The summed E-state index contributed by atoms with van der Waals surface area (Å²) in [6.07, 6.45) is 5.04. The number of rotatable bonds is 6. The summed E-state index contributed by atoms with van der Waals surface area (Å²) in [5.41, 5.74) is 7.21. The Bertz CT molecular complexity index is 366. The summed E-state index contributed by atoms with van der Waals surface area (Å²) in [6, 6.07) is 0.286. The molecular weight excluding hydrogens is 228 g/mol. The molecule has 1 aromatic heterocycles. The molecule has 0 bridgehead atoms. The lowest BCUT2D eigenvalue weighted by molar-refractivity contribution is 0.146. The number of hydrogen-bond donors (Lipinski definition) is 1. The van der Waals surface area contributed by atoms with Crippen LogP contribution in [-0.2, 0) is 11.3 Å². The van der Waals surface area contributed by atoms with E-state index in [-0.39, 0.29) is 6.04 Å². The maximum atomic E-state index is 5.97. The molecular formula is C13H24N4O. The monoisotopic (exact) mass is 252 g/mol. The predicted molar refractivity (Wildman–Crippen MR) is 71.3 cm³/mol. The zero-order chi connectivity index (χ0) is 13.0. The number of aryl methyl sites for hydroxylation is 1. The van der Waals surface area contributed by atoms with Gasteiger partial charge in [0.1, 0.15) is 0 Å². The third-order valence-corrected chi connectivity index (χ3v) is 3.81. The lowest BCUT2D eigenvalue weighted by Crippen LogP contribution is -2.33. The average Bonchev–Trinajstić information content (AvgIpc) is 3.00. The molecule has 0 radical (unpaired) electrons. The van der Waals surface area contributed by atoms with Crippen molar-refractivity contribution >= 4 is 0 Å². The topological polar surface area (TPSA) is 56.3 Å². The summed E-state index contributed by atoms with van der Waals surface area (Å²) in [7, 11) is 1.77. The highest BCUT2D eigenvalue weighted by molar-refractivity contribution is 5.07. The SMILES string of the molecule is CCn1cncc1C(CN)N1CCC(COC)C1.